The van der Waals surface area contributed by atoms with Crippen molar-refractivity contribution in [1.29, 1.82) is 0 Å². The van der Waals surface area contributed by atoms with E-state index in [9.17, 15) is 33.6 Å². The van der Waals surface area contributed by atoms with Gasteiger partial charge in [-0.3, -0.25) is 41.4 Å². The first-order valence-electron chi connectivity index (χ1n) is 32.3. The van der Waals surface area contributed by atoms with E-state index in [0.717, 1.165) is 24.0 Å². The van der Waals surface area contributed by atoms with Gasteiger partial charge in [-0.05, 0) is 85.5 Å². The monoisotopic (exact) mass is 1360 g/mol. The zero-order valence-electron chi connectivity index (χ0n) is 53.6. The van der Waals surface area contributed by atoms with Crippen LogP contribution in [0.2, 0.25) is 0 Å². The molecule has 0 bridgehead atoms. The molecule has 6 aliphatic rings. The maximum Gasteiger partial charge on any atom is 0.472 e. The molecule has 0 aromatic carbocycles. The molecule has 0 amide bonds. The summed E-state index contributed by atoms with van der Waals surface area (Å²) in [7, 11) is -10.1. The third-order valence-corrected chi connectivity index (χ3v) is 21.8. The van der Waals surface area contributed by atoms with E-state index in [2.05, 4.69) is 110 Å². The number of anilines is 3. The quantitative estimate of drug-likeness (QED) is 0.0190. The fourth-order valence-corrected chi connectivity index (χ4v) is 16.3. The van der Waals surface area contributed by atoms with E-state index >= 15 is 0 Å². The number of phosphoric ester groups is 2. The average molecular weight is 1360 g/mol. The molecule has 3 saturated carbocycles. The number of hydrogen-bond acceptors (Lipinski definition) is 26. The van der Waals surface area contributed by atoms with Crippen LogP contribution in [0.1, 0.15) is 137 Å². The van der Waals surface area contributed by atoms with Crippen LogP contribution in [0.3, 0.4) is 0 Å². The van der Waals surface area contributed by atoms with E-state index in [4.69, 9.17) is 59.0 Å². The molecule has 2 unspecified atom stereocenters. The van der Waals surface area contributed by atoms with Crippen LogP contribution in [0, 0.1) is 35.0 Å². The molecule has 6 aromatic heterocycles. The minimum Gasteiger partial charge on any atom is -0.462 e. The van der Waals surface area contributed by atoms with E-state index in [1.165, 1.54) is 76.5 Å². The fourth-order valence-electron chi connectivity index (χ4n) is 14.4. The summed E-state index contributed by atoms with van der Waals surface area (Å²) in [5, 5.41) is 10.00. The van der Waals surface area contributed by atoms with Crippen molar-refractivity contribution in [2.45, 2.75) is 180 Å². The molecule has 0 spiro atoms. The number of carbonyl (C=O) groups is 2. The van der Waals surface area contributed by atoms with E-state index < -0.39 is 109 Å². The van der Waals surface area contributed by atoms with Gasteiger partial charge in [0, 0.05) is 25.7 Å². The summed E-state index contributed by atoms with van der Waals surface area (Å²) < 4.78 is 85.4. The number of rotatable bonds is 24. The van der Waals surface area contributed by atoms with E-state index in [1.807, 2.05) is 0 Å². The lowest BCUT2D eigenvalue weighted by molar-refractivity contribution is -0.159. The van der Waals surface area contributed by atoms with Crippen LogP contribution in [0.25, 0.3) is 33.5 Å². The Balaban J connectivity index is 0.672. The zero-order valence-corrected chi connectivity index (χ0v) is 55.4. The summed E-state index contributed by atoms with van der Waals surface area (Å²) in [6, 6.07) is 0. The standard InChI is InChI=1S/C62H83N15O16P2/c1-33(2)34(3)9-10-36(5)43-15-16-44-37(8-7-19-62(43,44)6)12-13-38-20-39(14-11-35(38)4)87-48(79)17-18-49(80)91-45-22-41(89-59(45)75-30-72-50-53(63)66-27-69-56(50)75)25-85-95(83,84)93-47-23-42(90-61(47)77-32-74-52-55(65)68-29-71-58(52)77)26-86-94(81,82)92-46-21-40(24-78)88-60(46)76-31-73-51-54(64)67-28-70-57(51)76/h9-10,12-13,27-34,36,39-47,59-61,78H,4,7-8,11,14-26H2,1-3,5-6H3,(H,81,82)(H,83,84)(H2,63,66,69)(H2,64,67,70)(H2,65,68,71)/b10-9+,37-12+,38-13-/t34-,36+,39-,40-,41-,42-,43+,44-,45+,46+,47+,59+,60+,61+,62+/m0/s1. The minimum absolute atomic E-state index is 0.0262. The van der Waals surface area contributed by atoms with Crippen LogP contribution in [-0.4, -0.2) is 148 Å². The molecule has 6 fully saturated rings. The number of aromatic nitrogens is 12. The molecular weight excluding hydrogens is 1270 g/mol. The van der Waals surface area contributed by atoms with Gasteiger partial charge < -0.3 is 55.8 Å². The third kappa shape index (κ3) is 14.8. The Hall–Kier alpha value is -6.99. The molecule has 9 heterocycles. The Morgan fingerprint density at radius 2 is 1.17 bits per heavy atom. The predicted molar refractivity (Wildman–Crippen MR) is 342 cm³/mol. The van der Waals surface area contributed by atoms with Crippen LogP contribution in [0.5, 0.6) is 0 Å². The second-order valence-corrected chi connectivity index (χ2v) is 29.1. The Morgan fingerprint density at radius 1 is 0.674 bits per heavy atom. The number of allylic oxidation sites excluding steroid dienone is 6. The van der Waals surface area contributed by atoms with Gasteiger partial charge in [-0.25, -0.2) is 54.0 Å². The van der Waals surface area contributed by atoms with E-state index in [-0.39, 0.29) is 88.5 Å². The molecular formula is C62H83N15O16P2. The van der Waals surface area contributed by atoms with Crippen LogP contribution in [0.15, 0.2) is 85.6 Å². The zero-order chi connectivity index (χ0) is 67.1. The summed E-state index contributed by atoms with van der Waals surface area (Å²) in [6.45, 7) is 14.5. The third-order valence-electron chi connectivity index (χ3n) is 19.7. The molecule has 9 N–H and O–H groups in total. The molecule has 95 heavy (non-hydrogen) atoms. The first-order chi connectivity index (χ1) is 45.4. The lowest BCUT2D eigenvalue weighted by Crippen LogP contribution is -2.35. The molecule has 12 rings (SSSR count). The van der Waals surface area contributed by atoms with E-state index in [0.29, 0.717) is 48.9 Å². The number of imidazole rings is 3. The summed E-state index contributed by atoms with van der Waals surface area (Å²) in [5.74, 6) is 1.71. The summed E-state index contributed by atoms with van der Waals surface area (Å²) in [5.41, 5.74) is 23.4. The Bertz CT molecular complexity index is 4010. The minimum atomic E-state index is -5.12. The molecule has 33 heteroatoms. The number of phosphoric acid groups is 2. The molecule has 17 atom stereocenters. The molecule has 512 valence electrons. The number of carbonyl (C=O) groups excluding carboxylic acids is 2. The smallest absolute Gasteiger partial charge is 0.462 e. The van der Waals surface area contributed by atoms with Crippen molar-refractivity contribution < 1.29 is 75.4 Å². The van der Waals surface area contributed by atoms with Gasteiger partial charge in [-0.2, -0.15) is 0 Å². The van der Waals surface area contributed by atoms with Crippen LogP contribution < -0.4 is 17.2 Å². The predicted octanol–water partition coefficient (Wildman–Crippen LogP) is 8.01. The molecule has 3 aliphatic heterocycles. The normalized spacial score (nSPS) is 30.9. The lowest BCUT2D eigenvalue weighted by Gasteiger charge is -2.44. The van der Waals surface area contributed by atoms with E-state index in [1.54, 1.807) is 0 Å². The summed E-state index contributed by atoms with van der Waals surface area (Å²) in [4.78, 5) is 87.6. The van der Waals surface area contributed by atoms with Gasteiger partial charge in [-0.1, -0.05) is 76.6 Å². The van der Waals surface area contributed by atoms with Gasteiger partial charge >= 0.3 is 27.6 Å². The first kappa shape index (κ1) is 68.0. The molecule has 31 nitrogen and oxygen atoms in total. The highest BCUT2D eigenvalue weighted by Crippen LogP contribution is 2.60. The number of esters is 2. The second kappa shape index (κ2) is 28.2. The Morgan fingerprint density at radius 3 is 1.69 bits per heavy atom. The number of nitrogens with zero attached hydrogens (tertiary/aromatic N) is 12. The maximum atomic E-state index is 14.1. The van der Waals surface area contributed by atoms with Gasteiger partial charge in [0.15, 0.2) is 53.1 Å². The number of hydrogen-bond donors (Lipinski definition) is 6. The van der Waals surface area contributed by atoms with Crippen molar-refractivity contribution in [3.8, 4) is 0 Å². The summed E-state index contributed by atoms with van der Waals surface area (Å²) in [6.07, 6.45) is 13.3. The van der Waals surface area contributed by atoms with Crippen LogP contribution >= 0.6 is 15.6 Å². The van der Waals surface area contributed by atoms with Crippen LogP contribution in [0.4, 0.5) is 17.5 Å². The first-order valence-corrected chi connectivity index (χ1v) is 35.3. The van der Waals surface area contributed by atoms with Crippen molar-refractivity contribution in [2.75, 3.05) is 37.0 Å². The van der Waals surface area contributed by atoms with Gasteiger partial charge in [0.05, 0.1) is 70.0 Å². The van der Waals surface area contributed by atoms with Crippen molar-refractivity contribution in [3.63, 3.8) is 0 Å². The number of fused-ring (bicyclic) bond motifs is 4. The number of ether oxygens (including phenoxy) is 5. The summed E-state index contributed by atoms with van der Waals surface area (Å²) >= 11 is 0. The largest absolute Gasteiger partial charge is 0.472 e. The molecule has 0 radical (unpaired) electrons. The highest BCUT2D eigenvalue weighted by atomic mass is 31.2. The SMILES string of the molecule is C=C1CC[C@H](OC(=O)CCC(=O)O[C@@H]2C[C@@H](COP(=O)(O)O[C@@H]3C[C@@H](COP(=O)(O)O[C@@H]4C[C@@H](CO)O[C@H]4n4cnc5c(N)ncnc54)O[C@H]3n3cnc4c(N)ncnc43)O[C@H]2n2cnc3c(N)ncnc32)C/C1=C/C=C1\CCC[C@]2(C)[C@@H]([C@H](C)/C=C/[C@H](C)C(C)C)CC[C@@H]12. The van der Waals surface area contributed by atoms with Crippen molar-refractivity contribution in [2.24, 2.45) is 35.0 Å². The second-order valence-electron chi connectivity index (χ2n) is 26.3. The Labute approximate surface area is 547 Å². The molecule has 6 aromatic rings. The number of aliphatic hydroxyl groups is 1. The highest BCUT2D eigenvalue weighted by Gasteiger charge is 2.51. The Kier molecular flexibility index (Phi) is 20.2. The van der Waals surface area contributed by atoms with Gasteiger partial charge in [-0.15, -0.1) is 0 Å². The van der Waals surface area contributed by atoms with Gasteiger partial charge in [0.25, 0.3) is 0 Å². The lowest BCUT2D eigenvalue weighted by atomic mass is 9.61. The highest BCUT2D eigenvalue weighted by molar-refractivity contribution is 7.47. The van der Waals surface area contributed by atoms with Gasteiger partial charge in [0.1, 0.15) is 59.9 Å². The number of aliphatic hydroxyl groups excluding tert-OH is 1. The molecule has 3 aliphatic carbocycles. The van der Waals surface area contributed by atoms with Gasteiger partial charge in [0.2, 0.25) is 0 Å². The number of nitrogens with two attached hydrogens (primary N) is 3. The van der Waals surface area contributed by atoms with Crippen LogP contribution in [-0.2, 0) is 60.5 Å². The average Bonchev–Trinajstić information content (AvgIpc) is 1.65. The maximum absolute atomic E-state index is 14.1. The van der Waals surface area contributed by atoms with Crippen molar-refractivity contribution in [3.05, 3.63) is 85.6 Å². The fraction of sp³-hybridized carbons (Fsp3) is 0.597. The van der Waals surface area contributed by atoms with Crippen molar-refractivity contribution >= 4 is 78.5 Å². The number of nitrogen functional groups attached to an aromatic ring is 3. The topological polar surface area (TPSA) is 421 Å². The molecule has 3 saturated heterocycles. The van der Waals surface area contributed by atoms with Crippen molar-refractivity contribution in [1.82, 2.24) is 58.6 Å².